The topological polar surface area (TPSA) is 81.1 Å². The number of aromatic nitrogens is 2. The number of hydrogen-bond donors (Lipinski definition) is 2. The summed E-state index contributed by atoms with van der Waals surface area (Å²) in [6.45, 7) is 1.85. The largest absolute Gasteiger partial charge is 0.368 e. The van der Waals surface area contributed by atoms with E-state index in [-0.39, 0.29) is 6.04 Å². The van der Waals surface area contributed by atoms with Crippen LogP contribution < -0.4 is 16.4 Å². The van der Waals surface area contributed by atoms with E-state index in [1.54, 1.807) is 0 Å². The molecule has 1 aromatic rings. The molecular formula is C13H21N5. The highest BCUT2D eigenvalue weighted by atomic mass is 15.2. The molecule has 2 aliphatic rings. The van der Waals surface area contributed by atoms with E-state index in [0.29, 0.717) is 11.9 Å². The number of nitrogens with two attached hydrogens (primary N) is 2. The van der Waals surface area contributed by atoms with Gasteiger partial charge in [-0.15, -0.1) is 0 Å². The van der Waals surface area contributed by atoms with Gasteiger partial charge in [0.05, 0.1) is 5.69 Å². The number of nitrogens with zero attached hydrogens (tertiary/aromatic N) is 3. The van der Waals surface area contributed by atoms with Crippen LogP contribution in [0.25, 0.3) is 0 Å². The van der Waals surface area contributed by atoms with E-state index in [2.05, 4.69) is 20.9 Å². The molecule has 1 saturated heterocycles. The quantitative estimate of drug-likeness (QED) is 0.822. The Morgan fingerprint density at radius 3 is 2.61 bits per heavy atom. The maximum Gasteiger partial charge on any atom is 0.222 e. The monoisotopic (exact) mass is 247 g/mol. The minimum atomic E-state index is 0.260. The molecule has 18 heavy (non-hydrogen) atoms. The minimum Gasteiger partial charge on any atom is -0.368 e. The average molecular weight is 247 g/mol. The molecule has 0 aromatic carbocycles. The first-order valence-corrected chi connectivity index (χ1v) is 6.87. The lowest BCUT2D eigenvalue weighted by atomic mass is 10.0. The summed E-state index contributed by atoms with van der Waals surface area (Å²) < 4.78 is 0. The molecule has 1 atom stereocenters. The summed E-state index contributed by atoms with van der Waals surface area (Å²) in [5.41, 5.74) is 12.9. The van der Waals surface area contributed by atoms with Gasteiger partial charge >= 0.3 is 0 Å². The van der Waals surface area contributed by atoms with Gasteiger partial charge in [0.1, 0.15) is 5.82 Å². The molecule has 2 heterocycles. The summed E-state index contributed by atoms with van der Waals surface area (Å²) in [6.07, 6.45) is 6.10. The predicted octanol–water partition coefficient (Wildman–Crippen LogP) is 1.25. The van der Waals surface area contributed by atoms with E-state index >= 15 is 0 Å². The van der Waals surface area contributed by atoms with Gasteiger partial charge in [0.25, 0.3) is 0 Å². The summed E-state index contributed by atoms with van der Waals surface area (Å²) >= 11 is 0. The fraction of sp³-hybridized carbons (Fsp3) is 0.692. The Kier molecular flexibility index (Phi) is 3.07. The molecule has 0 unspecified atom stereocenters. The van der Waals surface area contributed by atoms with Crippen molar-refractivity contribution in [1.82, 2.24) is 9.97 Å². The summed E-state index contributed by atoms with van der Waals surface area (Å²) in [4.78, 5) is 11.0. The molecule has 3 rings (SSSR count). The number of nitrogen functional groups attached to an aromatic ring is 1. The predicted molar refractivity (Wildman–Crippen MR) is 72.5 cm³/mol. The molecule has 1 aliphatic carbocycles. The first kappa shape index (κ1) is 11.7. The Labute approximate surface area is 108 Å². The summed E-state index contributed by atoms with van der Waals surface area (Å²) in [6, 6.07) is 2.38. The van der Waals surface area contributed by atoms with E-state index in [0.717, 1.165) is 31.0 Å². The second-order valence-electron chi connectivity index (χ2n) is 5.49. The van der Waals surface area contributed by atoms with Crippen molar-refractivity contribution in [3.63, 3.8) is 0 Å². The van der Waals surface area contributed by atoms with Crippen LogP contribution in [-0.2, 0) is 0 Å². The lowest BCUT2D eigenvalue weighted by Gasteiger charge is -2.19. The van der Waals surface area contributed by atoms with E-state index in [1.807, 2.05) is 0 Å². The summed E-state index contributed by atoms with van der Waals surface area (Å²) in [5, 5.41) is 0. The van der Waals surface area contributed by atoms with Crippen molar-refractivity contribution in [3.05, 3.63) is 11.8 Å². The van der Waals surface area contributed by atoms with Crippen LogP contribution in [0.3, 0.4) is 0 Å². The van der Waals surface area contributed by atoms with Crippen molar-refractivity contribution in [2.75, 3.05) is 23.7 Å². The second kappa shape index (κ2) is 4.72. The van der Waals surface area contributed by atoms with Crippen LogP contribution in [0.1, 0.15) is 43.7 Å². The summed E-state index contributed by atoms with van der Waals surface area (Å²) in [5.74, 6) is 1.93. The Morgan fingerprint density at radius 1 is 1.17 bits per heavy atom. The molecule has 0 spiro atoms. The van der Waals surface area contributed by atoms with Crippen LogP contribution in [-0.4, -0.2) is 29.1 Å². The molecule has 1 aliphatic heterocycles. The fourth-order valence-corrected chi connectivity index (χ4v) is 3.06. The van der Waals surface area contributed by atoms with Crippen LogP contribution in [0.2, 0.25) is 0 Å². The first-order chi connectivity index (χ1) is 8.72. The van der Waals surface area contributed by atoms with Gasteiger partial charge in [-0.3, -0.25) is 0 Å². The van der Waals surface area contributed by atoms with Gasteiger partial charge in [-0.2, -0.15) is 4.98 Å². The van der Waals surface area contributed by atoms with Gasteiger partial charge in [0.2, 0.25) is 5.95 Å². The molecule has 1 saturated carbocycles. The first-order valence-electron chi connectivity index (χ1n) is 6.87. The standard InChI is InChI=1S/C13H21N5/c14-10-5-6-18(8-10)12-7-11(16-13(15)17-12)9-3-1-2-4-9/h7,9-10H,1-6,8,14H2,(H2,15,16,17)/t10-/m1/s1. The van der Waals surface area contributed by atoms with Gasteiger partial charge in [-0.05, 0) is 19.3 Å². The minimum absolute atomic E-state index is 0.260. The van der Waals surface area contributed by atoms with Crippen molar-refractivity contribution >= 4 is 11.8 Å². The van der Waals surface area contributed by atoms with Crippen molar-refractivity contribution in [1.29, 1.82) is 0 Å². The maximum absolute atomic E-state index is 5.94. The van der Waals surface area contributed by atoms with E-state index < -0.39 is 0 Å². The lowest BCUT2D eigenvalue weighted by molar-refractivity contribution is 0.694. The van der Waals surface area contributed by atoms with Gasteiger partial charge in [-0.25, -0.2) is 4.98 Å². The molecule has 0 radical (unpaired) electrons. The van der Waals surface area contributed by atoms with Crippen LogP contribution in [0.5, 0.6) is 0 Å². The molecule has 0 bridgehead atoms. The second-order valence-corrected chi connectivity index (χ2v) is 5.49. The highest BCUT2D eigenvalue weighted by Gasteiger charge is 2.24. The molecule has 2 fully saturated rings. The zero-order chi connectivity index (χ0) is 12.5. The maximum atomic E-state index is 5.94. The zero-order valence-electron chi connectivity index (χ0n) is 10.7. The van der Waals surface area contributed by atoms with Gasteiger partial charge in [0.15, 0.2) is 0 Å². The third-order valence-corrected chi connectivity index (χ3v) is 4.07. The molecule has 5 nitrogen and oxygen atoms in total. The van der Waals surface area contributed by atoms with Crippen molar-refractivity contribution in [2.45, 2.75) is 44.1 Å². The Hall–Kier alpha value is -1.36. The normalized spacial score (nSPS) is 24.9. The van der Waals surface area contributed by atoms with Gasteiger partial charge in [0, 0.05) is 31.1 Å². The van der Waals surface area contributed by atoms with Crippen molar-refractivity contribution < 1.29 is 0 Å². The zero-order valence-corrected chi connectivity index (χ0v) is 10.7. The van der Waals surface area contributed by atoms with E-state index in [9.17, 15) is 0 Å². The third kappa shape index (κ3) is 2.27. The lowest BCUT2D eigenvalue weighted by Crippen LogP contribution is -2.27. The van der Waals surface area contributed by atoms with E-state index in [1.165, 1.54) is 25.7 Å². The van der Waals surface area contributed by atoms with Gasteiger partial charge in [-0.1, -0.05) is 12.8 Å². The Bertz CT molecular complexity index is 427. The van der Waals surface area contributed by atoms with Crippen LogP contribution >= 0.6 is 0 Å². The van der Waals surface area contributed by atoms with Crippen molar-refractivity contribution in [3.8, 4) is 0 Å². The molecule has 4 N–H and O–H groups in total. The Morgan fingerprint density at radius 2 is 1.94 bits per heavy atom. The molecular weight excluding hydrogens is 226 g/mol. The molecule has 1 aromatic heterocycles. The molecule has 98 valence electrons. The highest BCUT2D eigenvalue weighted by Crippen LogP contribution is 2.34. The molecule has 5 heteroatoms. The number of rotatable bonds is 2. The van der Waals surface area contributed by atoms with Crippen LogP contribution in [0.15, 0.2) is 6.07 Å². The van der Waals surface area contributed by atoms with Crippen LogP contribution in [0.4, 0.5) is 11.8 Å². The number of hydrogen-bond acceptors (Lipinski definition) is 5. The fourth-order valence-electron chi connectivity index (χ4n) is 3.06. The Balaban J connectivity index is 1.85. The average Bonchev–Trinajstić information content (AvgIpc) is 2.98. The molecule has 0 amide bonds. The summed E-state index contributed by atoms with van der Waals surface area (Å²) in [7, 11) is 0. The number of anilines is 2. The van der Waals surface area contributed by atoms with E-state index in [4.69, 9.17) is 11.5 Å². The van der Waals surface area contributed by atoms with Crippen molar-refractivity contribution in [2.24, 2.45) is 5.73 Å². The smallest absolute Gasteiger partial charge is 0.222 e. The SMILES string of the molecule is Nc1nc(C2CCCC2)cc(N2CC[C@@H](N)C2)n1. The van der Waals surface area contributed by atoms with Gasteiger partial charge < -0.3 is 16.4 Å². The third-order valence-electron chi connectivity index (χ3n) is 4.07. The van der Waals surface area contributed by atoms with Crippen LogP contribution in [0, 0.1) is 0 Å². The highest BCUT2D eigenvalue weighted by molar-refractivity contribution is 5.45.